The zero-order valence-electron chi connectivity index (χ0n) is 17.3. The number of hydrogen-bond acceptors (Lipinski definition) is 2. The molecule has 0 radical (unpaired) electrons. The summed E-state index contributed by atoms with van der Waals surface area (Å²) in [7, 11) is 0. The Labute approximate surface area is 183 Å². The smallest absolute Gasteiger partial charge is 0.242 e. The summed E-state index contributed by atoms with van der Waals surface area (Å²) in [5.74, 6) is 0.0154. The lowest BCUT2D eigenvalue weighted by Crippen LogP contribution is -2.48. The molecule has 0 aromatic heterocycles. The third-order valence-electron chi connectivity index (χ3n) is 4.68. The summed E-state index contributed by atoms with van der Waals surface area (Å²) in [6, 6.07) is 12.4. The van der Waals surface area contributed by atoms with Gasteiger partial charge in [-0.1, -0.05) is 72.9 Å². The third-order valence-corrected chi connectivity index (χ3v) is 5.27. The van der Waals surface area contributed by atoms with Crippen molar-refractivity contribution in [2.24, 2.45) is 5.92 Å². The molecule has 2 aromatic rings. The highest BCUT2D eigenvalue weighted by molar-refractivity contribution is 6.35. The molecule has 0 spiro atoms. The van der Waals surface area contributed by atoms with Crippen LogP contribution < -0.4 is 5.32 Å². The Morgan fingerprint density at radius 2 is 1.69 bits per heavy atom. The topological polar surface area (TPSA) is 49.4 Å². The largest absolute Gasteiger partial charge is 0.354 e. The van der Waals surface area contributed by atoms with Crippen LogP contribution in [0.4, 0.5) is 0 Å². The number of rotatable bonds is 8. The van der Waals surface area contributed by atoms with Crippen molar-refractivity contribution in [2.45, 2.75) is 46.7 Å². The van der Waals surface area contributed by atoms with E-state index in [1.807, 2.05) is 45.0 Å². The fraction of sp³-hybridized carbons (Fsp3) is 0.391. The maximum Gasteiger partial charge on any atom is 0.242 e. The van der Waals surface area contributed by atoms with Crippen LogP contribution in [0.5, 0.6) is 0 Å². The van der Waals surface area contributed by atoms with Crippen molar-refractivity contribution in [3.63, 3.8) is 0 Å². The van der Waals surface area contributed by atoms with Crippen LogP contribution in [0.25, 0.3) is 0 Å². The molecule has 2 amide bonds. The van der Waals surface area contributed by atoms with Crippen LogP contribution in [0, 0.1) is 12.8 Å². The number of halogens is 2. The number of hydrogen-bond donors (Lipinski definition) is 1. The molecule has 0 heterocycles. The Hall–Kier alpha value is -2.04. The van der Waals surface area contributed by atoms with E-state index < -0.39 is 6.04 Å². The number of aryl methyl sites for hydroxylation is 1. The van der Waals surface area contributed by atoms with Crippen LogP contribution in [0.15, 0.2) is 42.5 Å². The number of amides is 2. The fourth-order valence-corrected chi connectivity index (χ4v) is 3.32. The molecule has 0 saturated carbocycles. The lowest BCUT2D eigenvalue weighted by Gasteiger charge is -2.29. The first-order chi connectivity index (χ1) is 13.7. The van der Waals surface area contributed by atoms with Crippen LogP contribution in [0.3, 0.4) is 0 Å². The molecule has 0 aliphatic heterocycles. The molecule has 1 atom stereocenters. The van der Waals surface area contributed by atoms with E-state index in [4.69, 9.17) is 23.2 Å². The number of carbonyl (C=O) groups is 2. The molecule has 156 valence electrons. The predicted octanol–water partition coefficient (Wildman–Crippen LogP) is 5.03. The Morgan fingerprint density at radius 1 is 1.03 bits per heavy atom. The van der Waals surface area contributed by atoms with Gasteiger partial charge in [-0.15, -0.1) is 0 Å². The van der Waals surface area contributed by atoms with Gasteiger partial charge in [-0.2, -0.15) is 0 Å². The van der Waals surface area contributed by atoms with E-state index in [-0.39, 0.29) is 24.8 Å². The van der Waals surface area contributed by atoms with Gasteiger partial charge in [0, 0.05) is 23.1 Å². The van der Waals surface area contributed by atoms with Crippen molar-refractivity contribution in [3.05, 3.63) is 69.2 Å². The summed E-state index contributed by atoms with van der Waals surface area (Å²) < 4.78 is 0. The van der Waals surface area contributed by atoms with Crippen LogP contribution in [0.2, 0.25) is 10.0 Å². The third kappa shape index (κ3) is 7.06. The average Bonchev–Trinajstić information content (AvgIpc) is 2.66. The summed E-state index contributed by atoms with van der Waals surface area (Å²) >= 11 is 12.3. The first-order valence-electron chi connectivity index (χ1n) is 9.74. The van der Waals surface area contributed by atoms with Gasteiger partial charge in [-0.05, 0) is 43.0 Å². The molecule has 0 aliphatic rings. The summed E-state index contributed by atoms with van der Waals surface area (Å²) in [5.41, 5.74) is 2.78. The van der Waals surface area contributed by atoms with Crippen molar-refractivity contribution in [2.75, 3.05) is 6.54 Å². The van der Waals surface area contributed by atoms with Crippen LogP contribution in [-0.2, 0) is 22.6 Å². The quantitative estimate of drug-likeness (QED) is 0.632. The lowest BCUT2D eigenvalue weighted by molar-refractivity contribution is -0.140. The molecule has 2 rings (SSSR count). The molecule has 2 aromatic carbocycles. The second-order valence-corrected chi connectivity index (χ2v) is 8.58. The molecule has 0 bridgehead atoms. The Bertz CT molecular complexity index is 850. The van der Waals surface area contributed by atoms with E-state index in [1.54, 1.807) is 30.0 Å². The van der Waals surface area contributed by atoms with Crippen molar-refractivity contribution < 1.29 is 9.59 Å². The molecule has 0 fully saturated rings. The second-order valence-electron chi connectivity index (χ2n) is 7.73. The summed E-state index contributed by atoms with van der Waals surface area (Å²) in [4.78, 5) is 27.4. The van der Waals surface area contributed by atoms with E-state index in [1.165, 1.54) is 0 Å². The highest BCUT2D eigenvalue weighted by Gasteiger charge is 2.26. The predicted molar refractivity (Wildman–Crippen MR) is 119 cm³/mol. The maximum absolute atomic E-state index is 13.1. The number of benzene rings is 2. The van der Waals surface area contributed by atoms with Crippen molar-refractivity contribution in [1.29, 1.82) is 0 Å². The monoisotopic (exact) mass is 434 g/mol. The van der Waals surface area contributed by atoms with Gasteiger partial charge in [-0.25, -0.2) is 0 Å². The summed E-state index contributed by atoms with van der Waals surface area (Å²) in [5, 5.41) is 3.91. The first-order valence-corrected chi connectivity index (χ1v) is 10.5. The van der Waals surface area contributed by atoms with Crippen LogP contribution in [0.1, 0.15) is 37.5 Å². The molecule has 1 unspecified atom stereocenters. The zero-order valence-corrected chi connectivity index (χ0v) is 18.8. The van der Waals surface area contributed by atoms with Gasteiger partial charge in [0.05, 0.1) is 6.42 Å². The minimum Gasteiger partial charge on any atom is -0.354 e. The van der Waals surface area contributed by atoms with Crippen LogP contribution in [-0.4, -0.2) is 29.3 Å². The molecule has 4 nitrogen and oxygen atoms in total. The highest BCUT2D eigenvalue weighted by Crippen LogP contribution is 2.23. The van der Waals surface area contributed by atoms with E-state index in [0.29, 0.717) is 22.5 Å². The van der Waals surface area contributed by atoms with E-state index in [0.717, 1.165) is 16.7 Å². The van der Waals surface area contributed by atoms with Crippen molar-refractivity contribution in [1.82, 2.24) is 10.2 Å². The molecule has 29 heavy (non-hydrogen) atoms. The van der Waals surface area contributed by atoms with Gasteiger partial charge < -0.3 is 10.2 Å². The second kappa shape index (κ2) is 10.7. The van der Waals surface area contributed by atoms with Gasteiger partial charge >= 0.3 is 0 Å². The Morgan fingerprint density at radius 3 is 2.28 bits per heavy atom. The van der Waals surface area contributed by atoms with Gasteiger partial charge in [-0.3, -0.25) is 9.59 Å². The minimum atomic E-state index is -0.626. The van der Waals surface area contributed by atoms with Crippen LogP contribution >= 0.6 is 23.2 Å². The SMILES string of the molecule is Cc1ccc(CC(=O)N(Cc2ccc(Cl)cc2Cl)C(C)C(=O)NCC(C)C)cc1. The van der Waals surface area contributed by atoms with Crippen molar-refractivity contribution >= 4 is 35.0 Å². The zero-order chi connectivity index (χ0) is 21.6. The van der Waals surface area contributed by atoms with Gasteiger partial charge in [0.1, 0.15) is 6.04 Å². The molecule has 1 N–H and O–H groups in total. The van der Waals surface area contributed by atoms with Gasteiger partial charge in [0.15, 0.2) is 0 Å². The normalized spacial score (nSPS) is 12.0. The molecule has 0 saturated heterocycles. The number of carbonyl (C=O) groups excluding carboxylic acids is 2. The standard InChI is InChI=1S/C23H28Cl2N2O2/c1-15(2)13-26-23(29)17(4)27(14-19-9-10-20(24)12-21(19)25)22(28)11-18-7-5-16(3)6-8-18/h5-10,12,15,17H,11,13-14H2,1-4H3,(H,26,29). The first kappa shape index (κ1) is 23.2. The molecule has 6 heteroatoms. The average molecular weight is 435 g/mol. The Balaban J connectivity index is 2.24. The maximum atomic E-state index is 13.1. The molecular formula is C23H28Cl2N2O2. The lowest BCUT2D eigenvalue weighted by atomic mass is 10.1. The fourth-order valence-electron chi connectivity index (χ4n) is 2.85. The molecular weight excluding hydrogens is 407 g/mol. The highest BCUT2D eigenvalue weighted by atomic mass is 35.5. The van der Waals surface area contributed by atoms with Crippen molar-refractivity contribution in [3.8, 4) is 0 Å². The summed E-state index contributed by atoms with van der Waals surface area (Å²) in [6.45, 7) is 8.59. The van der Waals surface area contributed by atoms with Gasteiger partial charge in [0.2, 0.25) is 11.8 Å². The Kier molecular flexibility index (Phi) is 8.54. The van der Waals surface area contributed by atoms with E-state index in [9.17, 15) is 9.59 Å². The minimum absolute atomic E-state index is 0.132. The van der Waals surface area contributed by atoms with E-state index in [2.05, 4.69) is 5.32 Å². The van der Waals surface area contributed by atoms with Gasteiger partial charge in [0.25, 0.3) is 0 Å². The van der Waals surface area contributed by atoms with E-state index >= 15 is 0 Å². The summed E-state index contributed by atoms with van der Waals surface area (Å²) in [6.07, 6.45) is 0.216. The number of nitrogens with zero attached hydrogens (tertiary/aromatic N) is 1. The number of nitrogens with one attached hydrogen (secondary N) is 1. The molecule has 0 aliphatic carbocycles.